The van der Waals surface area contributed by atoms with Gasteiger partial charge in [-0.1, -0.05) is 47.5 Å². The van der Waals surface area contributed by atoms with E-state index in [1.54, 1.807) is 30.3 Å². The second-order valence-corrected chi connectivity index (χ2v) is 5.77. The van der Waals surface area contributed by atoms with Crippen molar-refractivity contribution in [1.82, 2.24) is 5.43 Å². The molecule has 3 N–H and O–H groups in total. The van der Waals surface area contributed by atoms with E-state index < -0.39 is 0 Å². The van der Waals surface area contributed by atoms with Crippen molar-refractivity contribution in [2.75, 3.05) is 0 Å². The van der Waals surface area contributed by atoms with E-state index in [2.05, 4.69) is 5.43 Å². The number of rotatable bonds is 4. The Balaban J connectivity index is 2.21. The lowest BCUT2D eigenvalue weighted by molar-refractivity contribution is 0.0953. The van der Waals surface area contributed by atoms with Crippen molar-refractivity contribution in [1.29, 1.82) is 0 Å². The fraction of sp³-hybridized carbons (Fsp3) is 0.0714. The Morgan fingerprint density at radius 2 is 1.75 bits per heavy atom. The predicted molar refractivity (Wildman–Crippen MR) is 84.1 cm³/mol. The maximum Gasteiger partial charge on any atom is 0.265 e. The number of amides is 1. The lowest BCUT2D eigenvalue weighted by atomic mass is 10.1. The number of carbonyl (C=O) groups excluding carboxylic acids is 1. The molecule has 0 bridgehead atoms. The lowest BCUT2D eigenvalue weighted by Crippen LogP contribution is -2.30. The molecule has 0 atom stereocenters. The second kappa shape index (κ2) is 6.99. The molecule has 0 radical (unpaired) electrons. The van der Waals surface area contributed by atoms with Gasteiger partial charge in [0, 0.05) is 16.2 Å². The van der Waals surface area contributed by atoms with E-state index in [0.29, 0.717) is 21.4 Å². The van der Waals surface area contributed by atoms with Crippen LogP contribution in [0.2, 0.25) is 10.0 Å². The van der Waals surface area contributed by atoms with E-state index in [-0.39, 0.29) is 5.91 Å². The molecule has 3 nitrogen and oxygen atoms in total. The average Bonchev–Trinajstić information content (AvgIpc) is 2.46. The summed E-state index contributed by atoms with van der Waals surface area (Å²) in [5.41, 5.74) is 3.56. The SMILES string of the molecule is NNC(=O)c1ccccc1CSc1c(Cl)cccc1Cl. The van der Waals surface area contributed by atoms with Crippen LogP contribution >= 0.6 is 35.0 Å². The van der Waals surface area contributed by atoms with Crippen LogP contribution in [0.25, 0.3) is 0 Å². The number of hydrogen-bond acceptors (Lipinski definition) is 3. The Hall–Kier alpha value is -1.20. The van der Waals surface area contributed by atoms with Crippen LogP contribution in [0.4, 0.5) is 0 Å². The van der Waals surface area contributed by atoms with Crippen molar-refractivity contribution in [2.24, 2.45) is 5.84 Å². The third-order valence-corrected chi connectivity index (χ3v) is 4.72. The fourth-order valence-corrected chi connectivity index (χ4v) is 3.40. The van der Waals surface area contributed by atoms with Gasteiger partial charge in [-0.15, -0.1) is 11.8 Å². The molecule has 0 aliphatic heterocycles. The number of hydrogen-bond donors (Lipinski definition) is 2. The quantitative estimate of drug-likeness (QED) is 0.388. The number of halogens is 2. The molecule has 6 heteroatoms. The monoisotopic (exact) mass is 326 g/mol. The molecule has 0 saturated heterocycles. The molecule has 2 rings (SSSR count). The Kier molecular flexibility index (Phi) is 5.31. The van der Waals surface area contributed by atoms with E-state index in [4.69, 9.17) is 29.0 Å². The van der Waals surface area contributed by atoms with Crippen molar-refractivity contribution in [3.8, 4) is 0 Å². The van der Waals surface area contributed by atoms with Crippen LogP contribution in [-0.2, 0) is 5.75 Å². The number of nitrogen functional groups attached to an aromatic ring is 1. The molecule has 0 saturated carbocycles. The summed E-state index contributed by atoms with van der Waals surface area (Å²) >= 11 is 13.7. The van der Waals surface area contributed by atoms with Crippen molar-refractivity contribution >= 4 is 40.9 Å². The Bertz CT molecular complexity index is 614. The van der Waals surface area contributed by atoms with Crippen molar-refractivity contribution in [3.05, 3.63) is 63.6 Å². The third-order valence-electron chi connectivity index (χ3n) is 2.68. The molecule has 1 amide bonds. The smallest absolute Gasteiger partial charge is 0.265 e. The highest BCUT2D eigenvalue weighted by molar-refractivity contribution is 7.98. The van der Waals surface area contributed by atoms with Gasteiger partial charge in [0.2, 0.25) is 0 Å². The van der Waals surface area contributed by atoms with Crippen LogP contribution in [0.3, 0.4) is 0 Å². The first-order valence-electron chi connectivity index (χ1n) is 5.79. The second-order valence-electron chi connectivity index (χ2n) is 3.97. The Morgan fingerprint density at radius 1 is 1.10 bits per heavy atom. The van der Waals surface area contributed by atoms with Crippen LogP contribution in [-0.4, -0.2) is 5.91 Å². The summed E-state index contributed by atoms with van der Waals surface area (Å²) in [7, 11) is 0. The van der Waals surface area contributed by atoms with E-state index in [1.165, 1.54) is 11.8 Å². The Morgan fingerprint density at radius 3 is 2.40 bits per heavy atom. The minimum atomic E-state index is -0.313. The summed E-state index contributed by atoms with van der Waals surface area (Å²) in [4.78, 5) is 12.5. The van der Waals surface area contributed by atoms with Crippen LogP contribution < -0.4 is 11.3 Å². The highest BCUT2D eigenvalue weighted by Gasteiger charge is 2.11. The molecule has 0 aliphatic rings. The zero-order chi connectivity index (χ0) is 14.5. The molecule has 0 unspecified atom stereocenters. The summed E-state index contributed by atoms with van der Waals surface area (Å²) in [6, 6.07) is 12.6. The number of benzene rings is 2. The van der Waals surface area contributed by atoms with Gasteiger partial charge < -0.3 is 0 Å². The number of thioether (sulfide) groups is 1. The molecule has 2 aromatic carbocycles. The summed E-state index contributed by atoms with van der Waals surface area (Å²) in [5, 5.41) is 1.20. The summed E-state index contributed by atoms with van der Waals surface area (Å²) < 4.78 is 0. The molecule has 20 heavy (non-hydrogen) atoms. The van der Waals surface area contributed by atoms with Crippen LogP contribution in [0.15, 0.2) is 47.4 Å². The average molecular weight is 327 g/mol. The fourth-order valence-electron chi connectivity index (χ4n) is 1.72. The molecule has 2 aromatic rings. The van der Waals surface area contributed by atoms with Crippen LogP contribution in [0.1, 0.15) is 15.9 Å². The lowest BCUT2D eigenvalue weighted by Gasteiger charge is -2.09. The van der Waals surface area contributed by atoms with Gasteiger partial charge in [0.25, 0.3) is 5.91 Å². The zero-order valence-corrected chi connectivity index (χ0v) is 12.7. The van der Waals surface area contributed by atoms with Gasteiger partial charge in [-0.3, -0.25) is 10.2 Å². The molecule has 0 aliphatic carbocycles. The van der Waals surface area contributed by atoms with Crippen LogP contribution in [0, 0.1) is 0 Å². The predicted octanol–water partition coefficient (Wildman–Crippen LogP) is 3.89. The molecule has 0 aromatic heterocycles. The number of hydrazine groups is 1. The van der Waals surface area contributed by atoms with Crippen molar-refractivity contribution < 1.29 is 4.79 Å². The van der Waals surface area contributed by atoms with E-state index in [1.807, 2.05) is 12.1 Å². The van der Waals surface area contributed by atoms with E-state index >= 15 is 0 Å². The first kappa shape index (κ1) is 15.2. The van der Waals surface area contributed by atoms with Crippen molar-refractivity contribution in [3.63, 3.8) is 0 Å². The van der Waals surface area contributed by atoms with Gasteiger partial charge in [0.15, 0.2) is 0 Å². The van der Waals surface area contributed by atoms with Gasteiger partial charge >= 0.3 is 0 Å². The van der Waals surface area contributed by atoms with Crippen molar-refractivity contribution in [2.45, 2.75) is 10.6 Å². The van der Waals surface area contributed by atoms with E-state index in [0.717, 1.165) is 10.5 Å². The summed E-state index contributed by atoms with van der Waals surface area (Å²) in [6.07, 6.45) is 0. The first-order valence-corrected chi connectivity index (χ1v) is 7.53. The molecule has 0 heterocycles. The standard InChI is InChI=1S/C14H12Cl2N2OS/c15-11-6-3-7-12(16)13(11)20-8-9-4-1-2-5-10(9)14(19)18-17/h1-7H,8,17H2,(H,18,19). The molecular formula is C14H12Cl2N2OS. The molecule has 0 spiro atoms. The normalized spacial score (nSPS) is 10.3. The minimum Gasteiger partial charge on any atom is -0.290 e. The maximum absolute atomic E-state index is 11.7. The number of nitrogens with one attached hydrogen (secondary N) is 1. The molecule has 104 valence electrons. The summed E-state index contributed by atoms with van der Waals surface area (Å²) in [5.74, 6) is 5.44. The number of nitrogens with two attached hydrogens (primary N) is 1. The van der Waals surface area contributed by atoms with Gasteiger partial charge in [0.05, 0.1) is 10.0 Å². The topological polar surface area (TPSA) is 55.1 Å². The highest BCUT2D eigenvalue weighted by atomic mass is 35.5. The van der Waals surface area contributed by atoms with E-state index in [9.17, 15) is 4.79 Å². The van der Waals surface area contributed by atoms with Crippen LogP contribution in [0.5, 0.6) is 0 Å². The van der Waals surface area contributed by atoms with Gasteiger partial charge in [-0.2, -0.15) is 0 Å². The van der Waals surface area contributed by atoms with Gasteiger partial charge in [-0.25, -0.2) is 5.84 Å². The largest absolute Gasteiger partial charge is 0.290 e. The maximum atomic E-state index is 11.7. The van der Waals surface area contributed by atoms with Gasteiger partial charge in [0.1, 0.15) is 0 Å². The minimum absolute atomic E-state index is 0.313. The summed E-state index contributed by atoms with van der Waals surface area (Å²) in [6.45, 7) is 0. The van der Waals surface area contributed by atoms with Gasteiger partial charge in [-0.05, 0) is 23.8 Å². The third kappa shape index (κ3) is 3.46. The zero-order valence-electron chi connectivity index (χ0n) is 10.4. The Labute approximate surface area is 131 Å². The highest BCUT2D eigenvalue weighted by Crippen LogP contribution is 2.36. The molecule has 0 fully saturated rings. The first-order chi connectivity index (χ1) is 9.63. The number of carbonyl (C=O) groups is 1. The molecular weight excluding hydrogens is 315 g/mol.